The van der Waals surface area contributed by atoms with Gasteiger partial charge in [0.1, 0.15) is 0 Å². The quantitative estimate of drug-likeness (QED) is 0.807. The van der Waals surface area contributed by atoms with Crippen LogP contribution in [0.1, 0.15) is 5.56 Å². The number of hydrogen-bond acceptors (Lipinski definition) is 3. The second kappa shape index (κ2) is 7.31. The van der Waals surface area contributed by atoms with Crippen LogP contribution in [0.3, 0.4) is 0 Å². The van der Waals surface area contributed by atoms with E-state index in [1.807, 2.05) is 24.3 Å². The largest absolute Gasteiger partial charge is 0.369 e. The van der Waals surface area contributed by atoms with Gasteiger partial charge in [-0.25, -0.2) is 8.42 Å². The van der Waals surface area contributed by atoms with Crippen molar-refractivity contribution in [2.75, 3.05) is 31.1 Å². The summed E-state index contributed by atoms with van der Waals surface area (Å²) in [6.07, 6.45) is 0. The Morgan fingerprint density at radius 3 is 2.12 bits per heavy atom. The molecule has 0 radical (unpaired) electrons. The molecular weight excluding hydrogens is 367 g/mol. The van der Waals surface area contributed by atoms with Gasteiger partial charge in [0.05, 0.1) is 5.75 Å². The second-order valence-corrected chi connectivity index (χ2v) is 8.59. The number of benzene rings is 2. The molecule has 24 heavy (non-hydrogen) atoms. The third kappa shape index (κ3) is 4.22. The zero-order chi connectivity index (χ0) is 17.2. The molecule has 128 valence electrons. The molecule has 0 amide bonds. The number of rotatable bonds is 4. The summed E-state index contributed by atoms with van der Waals surface area (Å²) in [5, 5.41) is 1.23. The average molecular weight is 385 g/mol. The number of nitrogens with zero attached hydrogens (tertiary/aromatic N) is 2. The number of sulfonamides is 1. The van der Waals surface area contributed by atoms with E-state index in [1.165, 1.54) is 0 Å². The van der Waals surface area contributed by atoms with E-state index < -0.39 is 10.0 Å². The maximum Gasteiger partial charge on any atom is 0.218 e. The summed E-state index contributed by atoms with van der Waals surface area (Å²) in [4.78, 5) is 2.15. The molecule has 2 aromatic carbocycles. The van der Waals surface area contributed by atoms with Crippen LogP contribution in [0.2, 0.25) is 10.0 Å². The summed E-state index contributed by atoms with van der Waals surface area (Å²) in [5.41, 5.74) is 1.73. The van der Waals surface area contributed by atoms with E-state index in [4.69, 9.17) is 23.2 Å². The van der Waals surface area contributed by atoms with Gasteiger partial charge in [-0.05, 0) is 35.9 Å². The smallest absolute Gasteiger partial charge is 0.218 e. The molecule has 0 saturated carbocycles. The van der Waals surface area contributed by atoms with Gasteiger partial charge in [-0.3, -0.25) is 0 Å². The molecule has 0 unspecified atom stereocenters. The van der Waals surface area contributed by atoms with Crippen molar-refractivity contribution in [3.63, 3.8) is 0 Å². The normalized spacial score (nSPS) is 16.3. The molecule has 3 rings (SSSR count). The van der Waals surface area contributed by atoms with E-state index in [-0.39, 0.29) is 5.75 Å². The summed E-state index contributed by atoms with van der Waals surface area (Å²) in [5.74, 6) is -0.0231. The van der Waals surface area contributed by atoms with E-state index in [1.54, 1.807) is 28.6 Å². The highest BCUT2D eigenvalue weighted by atomic mass is 35.5. The minimum absolute atomic E-state index is 0.0231. The molecular formula is C17H18Cl2N2O2S. The molecule has 0 atom stereocenters. The number of anilines is 1. The van der Waals surface area contributed by atoms with Crippen LogP contribution in [-0.4, -0.2) is 38.9 Å². The van der Waals surface area contributed by atoms with Gasteiger partial charge in [0.2, 0.25) is 10.0 Å². The zero-order valence-corrected chi connectivity index (χ0v) is 15.4. The summed E-state index contributed by atoms with van der Waals surface area (Å²) < 4.78 is 26.8. The lowest BCUT2D eigenvalue weighted by Gasteiger charge is -2.35. The van der Waals surface area contributed by atoms with Gasteiger partial charge in [0.15, 0.2) is 0 Å². The highest BCUT2D eigenvalue weighted by Gasteiger charge is 2.27. The van der Waals surface area contributed by atoms with Crippen LogP contribution in [0, 0.1) is 0 Å². The molecule has 0 aliphatic carbocycles. The summed E-state index contributed by atoms with van der Waals surface area (Å²) in [6.45, 7) is 2.23. The third-order valence-electron chi connectivity index (χ3n) is 4.04. The lowest BCUT2D eigenvalue weighted by molar-refractivity contribution is 0.384. The summed E-state index contributed by atoms with van der Waals surface area (Å²) in [7, 11) is -3.34. The maximum absolute atomic E-state index is 12.6. The van der Waals surface area contributed by atoms with Crippen molar-refractivity contribution < 1.29 is 8.42 Å². The fourth-order valence-electron chi connectivity index (χ4n) is 2.83. The van der Waals surface area contributed by atoms with Crippen LogP contribution < -0.4 is 4.90 Å². The van der Waals surface area contributed by atoms with Gasteiger partial charge in [-0.15, -0.1) is 0 Å². The Bertz CT molecular complexity index is 819. The van der Waals surface area contributed by atoms with Gasteiger partial charge in [0.25, 0.3) is 0 Å². The van der Waals surface area contributed by atoms with Gasteiger partial charge in [-0.1, -0.05) is 41.4 Å². The van der Waals surface area contributed by atoms with Crippen molar-refractivity contribution in [1.82, 2.24) is 4.31 Å². The molecule has 2 aromatic rings. The first-order chi connectivity index (χ1) is 11.4. The minimum Gasteiger partial charge on any atom is -0.369 e. The van der Waals surface area contributed by atoms with Crippen LogP contribution in [0.25, 0.3) is 0 Å². The Morgan fingerprint density at radius 1 is 0.875 bits per heavy atom. The Morgan fingerprint density at radius 2 is 1.50 bits per heavy atom. The highest BCUT2D eigenvalue weighted by Crippen LogP contribution is 2.22. The van der Waals surface area contributed by atoms with Crippen molar-refractivity contribution in [2.24, 2.45) is 0 Å². The zero-order valence-electron chi connectivity index (χ0n) is 13.0. The van der Waals surface area contributed by atoms with Gasteiger partial charge in [-0.2, -0.15) is 4.31 Å². The van der Waals surface area contributed by atoms with Crippen molar-refractivity contribution in [3.05, 3.63) is 64.1 Å². The molecule has 0 N–H and O–H groups in total. The van der Waals surface area contributed by atoms with Gasteiger partial charge < -0.3 is 4.90 Å². The lowest BCUT2D eigenvalue weighted by Crippen LogP contribution is -2.49. The number of halogens is 2. The van der Waals surface area contributed by atoms with E-state index in [0.717, 1.165) is 5.69 Å². The van der Waals surface area contributed by atoms with Crippen molar-refractivity contribution >= 4 is 38.9 Å². The molecule has 1 heterocycles. The van der Waals surface area contributed by atoms with Crippen molar-refractivity contribution in [1.29, 1.82) is 0 Å². The Balaban J connectivity index is 1.65. The van der Waals surface area contributed by atoms with Crippen LogP contribution in [0.5, 0.6) is 0 Å². The molecule has 1 saturated heterocycles. The van der Waals surface area contributed by atoms with E-state index >= 15 is 0 Å². The van der Waals surface area contributed by atoms with Crippen LogP contribution in [-0.2, 0) is 15.8 Å². The first-order valence-corrected chi connectivity index (χ1v) is 10.0. The first kappa shape index (κ1) is 17.5. The van der Waals surface area contributed by atoms with E-state index in [0.29, 0.717) is 41.8 Å². The predicted octanol–water partition coefficient (Wildman–Crippen LogP) is 3.65. The van der Waals surface area contributed by atoms with Gasteiger partial charge in [0, 0.05) is 41.9 Å². The Labute approximate surface area is 152 Å². The monoisotopic (exact) mass is 384 g/mol. The third-order valence-corrected chi connectivity index (χ3v) is 6.36. The van der Waals surface area contributed by atoms with E-state index in [9.17, 15) is 8.42 Å². The Kier molecular flexibility index (Phi) is 5.35. The van der Waals surface area contributed by atoms with Crippen LogP contribution >= 0.6 is 23.2 Å². The average Bonchev–Trinajstić information content (AvgIpc) is 2.54. The van der Waals surface area contributed by atoms with E-state index in [2.05, 4.69) is 4.90 Å². The summed E-state index contributed by atoms with van der Waals surface area (Å²) >= 11 is 12.0. The predicted molar refractivity (Wildman–Crippen MR) is 99.3 cm³/mol. The van der Waals surface area contributed by atoms with Gasteiger partial charge >= 0.3 is 0 Å². The Hall–Kier alpha value is -1.27. The van der Waals surface area contributed by atoms with Crippen LogP contribution in [0.4, 0.5) is 5.69 Å². The molecule has 1 aliphatic heterocycles. The van der Waals surface area contributed by atoms with Crippen LogP contribution in [0.15, 0.2) is 48.5 Å². The van der Waals surface area contributed by atoms with Crippen molar-refractivity contribution in [2.45, 2.75) is 5.75 Å². The minimum atomic E-state index is -3.34. The molecule has 1 fully saturated rings. The fourth-order valence-corrected chi connectivity index (χ4v) is 4.73. The maximum atomic E-state index is 12.6. The molecule has 0 bridgehead atoms. The first-order valence-electron chi connectivity index (χ1n) is 7.67. The topological polar surface area (TPSA) is 40.6 Å². The number of hydrogen-bond donors (Lipinski definition) is 0. The molecule has 7 heteroatoms. The number of piperazine rings is 1. The highest BCUT2D eigenvalue weighted by molar-refractivity contribution is 7.88. The SMILES string of the molecule is O=S(=O)(Cc1cccc(Cl)c1)N1CCN(c2cccc(Cl)c2)CC1. The molecule has 1 aliphatic rings. The standard InChI is InChI=1S/C17H18Cl2N2O2S/c18-15-4-1-3-14(11-15)13-24(22,23)21-9-7-20(8-10-21)17-6-2-5-16(19)12-17/h1-6,11-12H,7-10,13H2. The molecule has 0 aromatic heterocycles. The molecule has 0 spiro atoms. The van der Waals surface area contributed by atoms with Crippen molar-refractivity contribution in [3.8, 4) is 0 Å². The second-order valence-electron chi connectivity index (χ2n) is 5.75. The fraction of sp³-hybridized carbons (Fsp3) is 0.294. The summed E-state index contributed by atoms with van der Waals surface area (Å²) in [6, 6.07) is 14.6. The lowest BCUT2D eigenvalue weighted by atomic mass is 10.2. The molecule has 4 nitrogen and oxygen atoms in total.